The van der Waals surface area contributed by atoms with E-state index in [9.17, 15) is 13.5 Å². The minimum atomic E-state index is -3.44. The Bertz CT molecular complexity index is 548. The predicted molar refractivity (Wildman–Crippen MR) is 87.1 cm³/mol. The molecule has 2 rings (SSSR count). The Labute approximate surface area is 133 Å². The Morgan fingerprint density at radius 2 is 2.05 bits per heavy atom. The lowest BCUT2D eigenvalue weighted by Crippen LogP contribution is -2.49. The molecule has 0 radical (unpaired) electrons. The van der Waals surface area contributed by atoms with Gasteiger partial charge in [0.1, 0.15) is 0 Å². The van der Waals surface area contributed by atoms with Crippen molar-refractivity contribution in [2.75, 3.05) is 19.6 Å². The molecule has 0 spiro atoms. The second-order valence-corrected chi connectivity index (χ2v) is 7.55. The molecule has 6 heteroatoms. The quantitative estimate of drug-likeness (QED) is 0.798. The van der Waals surface area contributed by atoms with Crippen LogP contribution in [0.25, 0.3) is 0 Å². The molecule has 1 aromatic rings. The first kappa shape index (κ1) is 17.4. The van der Waals surface area contributed by atoms with Crippen LogP contribution in [0.3, 0.4) is 0 Å². The third kappa shape index (κ3) is 4.52. The van der Waals surface area contributed by atoms with E-state index >= 15 is 0 Å². The fraction of sp³-hybridized carbons (Fsp3) is 0.625. The van der Waals surface area contributed by atoms with Crippen LogP contribution in [-0.2, 0) is 10.0 Å². The van der Waals surface area contributed by atoms with Crippen molar-refractivity contribution >= 4 is 10.0 Å². The van der Waals surface area contributed by atoms with Gasteiger partial charge in [0.2, 0.25) is 10.0 Å². The molecule has 1 fully saturated rings. The molecule has 0 aromatic heterocycles. The zero-order chi connectivity index (χ0) is 16.0. The van der Waals surface area contributed by atoms with Crippen LogP contribution >= 0.6 is 0 Å². The van der Waals surface area contributed by atoms with Gasteiger partial charge in [-0.2, -0.15) is 0 Å². The second kappa shape index (κ2) is 8.06. The normalized spacial score (nSPS) is 21.6. The van der Waals surface area contributed by atoms with Gasteiger partial charge >= 0.3 is 0 Å². The molecule has 22 heavy (non-hydrogen) atoms. The molecule has 2 N–H and O–H groups in total. The van der Waals surface area contributed by atoms with E-state index in [-0.39, 0.29) is 12.1 Å². The summed E-state index contributed by atoms with van der Waals surface area (Å²) in [5, 5.41) is 10.1. The highest BCUT2D eigenvalue weighted by Gasteiger charge is 2.27. The van der Waals surface area contributed by atoms with Crippen LogP contribution in [0.15, 0.2) is 35.2 Å². The first-order chi connectivity index (χ1) is 10.5. The van der Waals surface area contributed by atoms with E-state index in [1.165, 1.54) is 0 Å². The van der Waals surface area contributed by atoms with Crippen molar-refractivity contribution < 1.29 is 13.5 Å². The summed E-state index contributed by atoms with van der Waals surface area (Å²) in [6.45, 7) is 3.91. The summed E-state index contributed by atoms with van der Waals surface area (Å²) in [6.07, 6.45) is 3.63. The summed E-state index contributed by atoms with van der Waals surface area (Å²) in [5.41, 5.74) is 0. The molecule has 1 saturated heterocycles. The van der Waals surface area contributed by atoms with Gasteiger partial charge in [-0.1, -0.05) is 31.5 Å². The Morgan fingerprint density at radius 3 is 2.73 bits per heavy atom. The fourth-order valence-corrected chi connectivity index (χ4v) is 4.05. The smallest absolute Gasteiger partial charge is 0.240 e. The van der Waals surface area contributed by atoms with Crippen molar-refractivity contribution in [3.8, 4) is 0 Å². The van der Waals surface area contributed by atoms with Gasteiger partial charge in [0.05, 0.1) is 11.0 Å². The summed E-state index contributed by atoms with van der Waals surface area (Å²) >= 11 is 0. The molecule has 0 aliphatic carbocycles. The van der Waals surface area contributed by atoms with Crippen LogP contribution in [0.2, 0.25) is 0 Å². The van der Waals surface area contributed by atoms with Crippen LogP contribution in [0.4, 0.5) is 0 Å². The molecular weight excluding hydrogens is 300 g/mol. The highest BCUT2D eigenvalue weighted by Crippen LogP contribution is 2.20. The Balaban J connectivity index is 1.89. The van der Waals surface area contributed by atoms with E-state index in [2.05, 4.69) is 9.62 Å². The van der Waals surface area contributed by atoms with Crippen molar-refractivity contribution in [3.63, 3.8) is 0 Å². The number of aliphatic hydroxyl groups is 1. The Hall–Kier alpha value is -0.950. The van der Waals surface area contributed by atoms with Gasteiger partial charge < -0.3 is 5.11 Å². The lowest BCUT2D eigenvalue weighted by molar-refractivity contribution is 0.0254. The van der Waals surface area contributed by atoms with Crippen LogP contribution in [-0.4, -0.2) is 50.2 Å². The summed E-state index contributed by atoms with van der Waals surface area (Å²) < 4.78 is 27.0. The van der Waals surface area contributed by atoms with Crippen LogP contribution in [0.5, 0.6) is 0 Å². The summed E-state index contributed by atoms with van der Waals surface area (Å²) in [6, 6.07) is 8.56. The fourth-order valence-electron chi connectivity index (χ4n) is 3.01. The zero-order valence-corrected chi connectivity index (χ0v) is 13.9. The number of sulfonamides is 1. The van der Waals surface area contributed by atoms with E-state index in [0.29, 0.717) is 18.0 Å². The Kier molecular flexibility index (Phi) is 6.37. The third-order valence-corrected chi connectivity index (χ3v) is 5.75. The largest absolute Gasteiger partial charge is 0.392 e. The SMILES string of the molecule is CC[C@@H](O)[C@@H]1CCCCN1CCNS(=O)(=O)c1ccccc1. The summed E-state index contributed by atoms with van der Waals surface area (Å²) in [7, 11) is -3.44. The number of hydrogen-bond donors (Lipinski definition) is 2. The number of aliphatic hydroxyl groups excluding tert-OH is 1. The van der Waals surface area contributed by atoms with Crippen molar-refractivity contribution in [2.45, 2.75) is 49.6 Å². The molecule has 1 aromatic carbocycles. The van der Waals surface area contributed by atoms with E-state index in [1.807, 2.05) is 6.92 Å². The van der Waals surface area contributed by atoms with Crippen molar-refractivity contribution in [1.82, 2.24) is 9.62 Å². The lowest BCUT2D eigenvalue weighted by Gasteiger charge is -2.38. The van der Waals surface area contributed by atoms with Crippen LogP contribution in [0, 0.1) is 0 Å². The molecule has 5 nitrogen and oxygen atoms in total. The molecule has 0 amide bonds. The van der Waals surface area contributed by atoms with Crippen LogP contribution in [0.1, 0.15) is 32.6 Å². The molecule has 0 saturated carbocycles. The number of nitrogens with zero attached hydrogens (tertiary/aromatic N) is 1. The molecule has 0 bridgehead atoms. The predicted octanol–water partition coefficient (Wildman–Crippen LogP) is 1.59. The maximum atomic E-state index is 12.2. The molecule has 1 heterocycles. The molecule has 1 aliphatic rings. The number of piperidine rings is 1. The lowest BCUT2D eigenvalue weighted by atomic mass is 9.96. The zero-order valence-electron chi connectivity index (χ0n) is 13.1. The van der Waals surface area contributed by atoms with Gasteiger partial charge in [0.25, 0.3) is 0 Å². The van der Waals surface area contributed by atoms with Gasteiger partial charge in [-0.15, -0.1) is 0 Å². The van der Waals surface area contributed by atoms with E-state index < -0.39 is 10.0 Å². The summed E-state index contributed by atoms with van der Waals surface area (Å²) in [5.74, 6) is 0. The molecule has 0 unspecified atom stereocenters. The van der Waals surface area contributed by atoms with Crippen LogP contribution < -0.4 is 4.72 Å². The van der Waals surface area contributed by atoms with E-state index in [1.54, 1.807) is 30.3 Å². The van der Waals surface area contributed by atoms with E-state index in [0.717, 1.165) is 32.2 Å². The number of likely N-dealkylation sites (tertiary alicyclic amines) is 1. The minimum Gasteiger partial charge on any atom is -0.392 e. The molecular formula is C16H26N2O3S. The third-order valence-electron chi connectivity index (χ3n) is 4.27. The monoisotopic (exact) mass is 326 g/mol. The van der Waals surface area contributed by atoms with E-state index in [4.69, 9.17) is 0 Å². The summed E-state index contributed by atoms with van der Waals surface area (Å²) in [4.78, 5) is 2.50. The molecule has 124 valence electrons. The van der Waals surface area contributed by atoms with Crippen molar-refractivity contribution in [2.24, 2.45) is 0 Å². The van der Waals surface area contributed by atoms with Gasteiger partial charge in [-0.25, -0.2) is 13.1 Å². The van der Waals surface area contributed by atoms with Gasteiger partial charge in [0.15, 0.2) is 0 Å². The number of nitrogens with one attached hydrogen (secondary N) is 1. The average molecular weight is 326 g/mol. The number of hydrogen-bond acceptors (Lipinski definition) is 4. The maximum absolute atomic E-state index is 12.2. The number of benzene rings is 1. The van der Waals surface area contributed by atoms with Crippen molar-refractivity contribution in [3.05, 3.63) is 30.3 Å². The number of rotatable bonds is 7. The van der Waals surface area contributed by atoms with Gasteiger partial charge in [0, 0.05) is 19.1 Å². The average Bonchev–Trinajstić information content (AvgIpc) is 2.55. The first-order valence-electron chi connectivity index (χ1n) is 8.01. The first-order valence-corrected chi connectivity index (χ1v) is 9.49. The van der Waals surface area contributed by atoms with Gasteiger partial charge in [-0.05, 0) is 37.9 Å². The van der Waals surface area contributed by atoms with Gasteiger partial charge in [-0.3, -0.25) is 4.90 Å². The topological polar surface area (TPSA) is 69.6 Å². The second-order valence-electron chi connectivity index (χ2n) is 5.79. The standard InChI is InChI=1S/C16H26N2O3S/c1-2-16(19)15-10-6-7-12-18(15)13-11-17-22(20,21)14-8-4-3-5-9-14/h3-5,8-9,15-17,19H,2,6-7,10-13H2,1H3/t15-,16+/m0/s1. The highest BCUT2D eigenvalue weighted by atomic mass is 32.2. The molecule has 1 aliphatic heterocycles. The Morgan fingerprint density at radius 1 is 1.32 bits per heavy atom. The maximum Gasteiger partial charge on any atom is 0.240 e. The minimum absolute atomic E-state index is 0.153. The van der Waals surface area contributed by atoms with Crippen molar-refractivity contribution in [1.29, 1.82) is 0 Å². The molecule has 2 atom stereocenters. The highest BCUT2D eigenvalue weighted by molar-refractivity contribution is 7.89.